The second-order valence-electron chi connectivity index (χ2n) is 8.52. The van der Waals surface area contributed by atoms with Crippen LogP contribution in [-0.4, -0.2) is 25.9 Å². The van der Waals surface area contributed by atoms with Gasteiger partial charge in [-0.15, -0.1) is 0 Å². The molecule has 2 aromatic rings. The maximum absolute atomic E-state index is 6.04. The van der Waals surface area contributed by atoms with Crippen LogP contribution in [0.4, 0.5) is 0 Å². The third-order valence-corrected chi connectivity index (χ3v) is 6.01. The van der Waals surface area contributed by atoms with E-state index in [1.165, 1.54) is 17.5 Å². The molecule has 3 rings (SSSR count). The lowest BCUT2D eigenvalue weighted by molar-refractivity contribution is -0.693. The van der Waals surface area contributed by atoms with E-state index in [-0.39, 0.29) is 11.0 Å². The predicted octanol–water partition coefficient (Wildman–Crippen LogP) is 4.24. The third-order valence-electron chi connectivity index (χ3n) is 6.01. The number of hydrogen-bond donors (Lipinski definition) is 1. The SMILES string of the molecule is COc1ccc([C@H](C)[NH2+]CC[C@]2(c3ccccc3)CCOC(C)(C)C2)cc1. The molecule has 0 aliphatic carbocycles. The van der Waals surface area contributed by atoms with Crippen molar-refractivity contribution in [2.75, 3.05) is 20.3 Å². The largest absolute Gasteiger partial charge is 0.497 e. The van der Waals surface area contributed by atoms with Gasteiger partial charge in [0.2, 0.25) is 0 Å². The van der Waals surface area contributed by atoms with Crippen LogP contribution in [0.3, 0.4) is 0 Å². The standard InChI is InChI=1S/C24H33NO2/c1-19(20-10-12-22(26-4)13-11-20)25-16-14-24(21-8-6-5-7-9-21)15-17-27-23(2,3)18-24/h5-13,19,25H,14-18H2,1-4H3/p+1/t19-,24-/m0/s1. The van der Waals surface area contributed by atoms with Crippen LogP contribution in [0.5, 0.6) is 5.75 Å². The van der Waals surface area contributed by atoms with Crippen molar-refractivity contribution in [3.05, 3.63) is 65.7 Å². The maximum atomic E-state index is 6.04. The summed E-state index contributed by atoms with van der Waals surface area (Å²) in [6.45, 7) is 8.69. The molecule has 0 bridgehead atoms. The van der Waals surface area contributed by atoms with Gasteiger partial charge in [0.25, 0.3) is 0 Å². The van der Waals surface area contributed by atoms with E-state index in [1.54, 1.807) is 7.11 Å². The van der Waals surface area contributed by atoms with Gasteiger partial charge < -0.3 is 14.8 Å². The zero-order valence-electron chi connectivity index (χ0n) is 17.2. The molecule has 1 aliphatic rings. The Morgan fingerprint density at radius 3 is 2.41 bits per heavy atom. The minimum atomic E-state index is -0.0598. The first-order valence-electron chi connectivity index (χ1n) is 10.1. The molecule has 2 aromatic carbocycles. The van der Waals surface area contributed by atoms with Crippen LogP contribution in [0.25, 0.3) is 0 Å². The van der Waals surface area contributed by atoms with E-state index in [2.05, 4.69) is 68.6 Å². The summed E-state index contributed by atoms with van der Waals surface area (Å²) in [7, 11) is 1.71. The molecule has 0 amide bonds. The fourth-order valence-electron chi connectivity index (χ4n) is 4.53. The molecule has 0 radical (unpaired) electrons. The summed E-state index contributed by atoms with van der Waals surface area (Å²) >= 11 is 0. The average molecular weight is 369 g/mol. The molecule has 146 valence electrons. The monoisotopic (exact) mass is 368 g/mol. The normalized spacial score (nSPS) is 23.0. The predicted molar refractivity (Wildman–Crippen MR) is 110 cm³/mol. The lowest BCUT2D eigenvalue weighted by Gasteiger charge is -2.45. The molecule has 3 nitrogen and oxygen atoms in total. The van der Waals surface area contributed by atoms with Crippen LogP contribution >= 0.6 is 0 Å². The van der Waals surface area contributed by atoms with Crippen LogP contribution in [0.2, 0.25) is 0 Å². The highest BCUT2D eigenvalue weighted by atomic mass is 16.5. The number of nitrogens with two attached hydrogens (primary N) is 1. The van der Waals surface area contributed by atoms with Gasteiger partial charge >= 0.3 is 0 Å². The van der Waals surface area contributed by atoms with Crippen molar-refractivity contribution in [2.45, 2.75) is 57.1 Å². The maximum Gasteiger partial charge on any atom is 0.118 e. The first-order valence-corrected chi connectivity index (χ1v) is 10.1. The second kappa shape index (κ2) is 8.45. The van der Waals surface area contributed by atoms with Gasteiger partial charge in [0.15, 0.2) is 0 Å². The fourth-order valence-corrected chi connectivity index (χ4v) is 4.53. The Labute approximate surface area is 164 Å². The number of rotatable bonds is 7. The van der Waals surface area contributed by atoms with Crippen molar-refractivity contribution < 1.29 is 14.8 Å². The Hall–Kier alpha value is -1.84. The Morgan fingerprint density at radius 2 is 1.78 bits per heavy atom. The lowest BCUT2D eigenvalue weighted by Crippen LogP contribution is -2.85. The Morgan fingerprint density at radius 1 is 1.07 bits per heavy atom. The molecule has 1 aliphatic heterocycles. The molecule has 2 N–H and O–H groups in total. The van der Waals surface area contributed by atoms with Gasteiger partial charge in [0, 0.05) is 24.0 Å². The molecule has 1 fully saturated rings. The summed E-state index contributed by atoms with van der Waals surface area (Å²) in [5.74, 6) is 0.915. The zero-order chi connectivity index (χ0) is 19.3. The number of quaternary nitrogens is 1. The van der Waals surface area contributed by atoms with Crippen LogP contribution in [0, 0.1) is 0 Å². The highest BCUT2D eigenvalue weighted by Gasteiger charge is 2.42. The minimum Gasteiger partial charge on any atom is -0.497 e. The van der Waals surface area contributed by atoms with Gasteiger partial charge in [-0.25, -0.2) is 0 Å². The molecule has 1 heterocycles. The summed E-state index contributed by atoms with van der Waals surface area (Å²) in [6.07, 6.45) is 3.35. The summed E-state index contributed by atoms with van der Waals surface area (Å²) in [6, 6.07) is 19.9. The molecular formula is C24H34NO2+. The topological polar surface area (TPSA) is 35.1 Å². The summed E-state index contributed by atoms with van der Waals surface area (Å²) in [5, 5.41) is 2.47. The first kappa shape index (κ1) is 19.9. The fraction of sp³-hybridized carbons (Fsp3) is 0.500. The zero-order valence-corrected chi connectivity index (χ0v) is 17.2. The molecule has 0 unspecified atom stereocenters. The van der Waals surface area contributed by atoms with Gasteiger partial charge in [-0.2, -0.15) is 0 Å². The van der Waals surface area contributed by atoms with Crippen LogP contribution in [-0.2, 0) is 10.2 Å². The first-order chi connectivity index (χ1) is 12.9. The minimum absolute atomic E-state index is 0.0598. The Kier molecular flexibility index (Phi) is 6.23. The number of ether oxygens (including phenoxy) is 2. The third kappa shape index (κ3) is 4.91. The summed E-state index contributed by atoms with van der Waals surface area (Å²) in [5.41, 5.74) is 2.96. The van der Waals surface area contributed by atoms with E-state index >= 15 is 0 Å². The van der Waals surface area contributed by atoms with Crippen molar-refractivity contribution >= 4 is 0 Å². The van der Waals surface area contributed by atoms with Gasteiger partial charge in [0.05, 0.1) is 19.3 Å². The van der Waals surface area contributed by atoms with Gasteiger partial charge in [-0.05, 0) is 63.4 Å². The number of benzene rings is 2. The number of methoxy groups -OCH3 is 1. The molecular weight excluding hydrogens is 334 g/mol. The van der Waals surface area contributed by atoms with E-state index in [4.69, 9.17) is 9.47 Å². The van der Waals surface area contributed by atoms with Crippen molar-refractivity contribution in [1.29, 1.82) is 0 Å². The molecule has 0 saturated carbocycles. The second-order valence-corrected chi connectivity index (χ2v) is 8.52. The van der Waals surface area contributed by atoms with E-state index in [0.717, 1.165) is 31.7 Å². The molecule has 3 heteroatoms. The molecule has 2 atom stereocenters. The highest BCUT2D eigenvalue weighted by molar-refractivity contribution is 5.28. The smallest absolute Gasteiger partial charge is 0.118 e. The summed E-state index contributed by atoms with van der Waals surface area (Å²) in [4.78, 5) is 0. The van der Waals surface area contributed by atoms with Crippen LogP contribution < -0.4 is 10.1 Å². The molecule has 1 saturated heterocycles. The Balaban J connectivity index is 1.68. The van der Waals surface area contributed by atoms with E-state index in [9.17, 15) is 0 Å². The average Bonchev–Trinajstić information content (AvgIpc) is 2.68. The van der Waals surface area contributed by atoms with Crippen LogP contribution in [0.1, 0.15) is 57.2 Å². The molecule has 27 heavy (non-hydrogen) atoms. The highest BCUT2D eigenvalue weighted by Crippen LogP contribution is 2.43. The molecule has 0 spiro atoms. The van der Waals surface area contributed by atoms with Crippen LogP contribution in [0.15, 0.2) is 54.6 Å². The van der Waals surface area contributed by atoms with E-state index in [0.29, 0.717) is 6.04 Å². The van der Waals surface area contributed by atoms with Gasteiger partial charge in [-0.3, -0.25) is 0 Å². The Bertz CT molecular complexity index is 711. The van der Waals surface area contributed by atoms with Crippen molar-refractivity contribution in [3.8, 4) is 5.75 Å². The lowest BCUT2D eigenvalue weighted by atomic mass is 9.67. The van der Waals surface area contributed by atoms with E-state index < -0.39 is 0 Å². The van der Waals surface area contributed by atoms with Crippen molar-refractivity contribution in [1.82, 2.24) is 0 Å². The number of hydrogen-bond acceptors (Lipinski definition) is 2. The van der Waals surface area contributed by atoms with Gasteiger partial charge in [0.1, 0.15) is 11.8 Å². The van der Waals surface area contributed by atoms with Gasteiger partial charge in [-0.1, -0.05) is 30.3 Å². The quantitative estimate of drug-likeness (QED) is 0.793. The van der Waals surface area contributed by atoms with E-state index in [1.807, 2.05) is 12.1 Å². The molecule has 0 aromatic heterocycles. The van der Waals surface area contributed by atoms with Crippen molar-refractivity contribution in [3.63, 3.8) is 0 Å². The van der Waals surface area contributed by atoms with Crippen molar-refractivity contribution in [2.24, 2.45) is 0 Å². The summed E-state index contributed by atoms with van der Waals surface area (Å²) < 4.78 is 11.3.